The number of hydrogen-bond acceptors (Lipinski definition) is 5. The van der Waals surface area contributed by atoms with Crippen LogP contribution in [0.4, 0.5) is 0 Å². The summed E-state index contributed by atoms with van der Waals surface area (Å²) in [5.74, 6) is -0.912. The number of aromatic nitrogens is 2. The van der Waals surface area contributed by atoms with Gasteiger partial charge in [0.25, 0.3) is 5.91 Å². The van der Waals surface area contributed by atoms with Crippen LogP contribution in [0.1, 0.15) is 43.1 Å². The zero-order valence-electron chi connectivity index (χ0n) is 12.1. The van der Waals surface area contributed by atoms with E-state index in [4.69, 9.17) is 10.5 Å². The molecule has 1 fully saturated rings. The molecule has 7 nitrogen and oxygen atoms in total. The summed E-state index contributed by atoms with van der Waals surface area (Å²) in [7, 11) is 0. The van der Waals surface area contributed by atoms with E-state index in [1.165, 1.54) is 10.7 Å². The van der Waals surface area contributed by atoms with Gasteiger partial charge in [-0.3, -0.25) is 14.3 Å². The largest absolute Gasteiger partial charge is 0.466 e. The molecule has 1 aliphatic carbocycles. The van der Waals surface area contributed by atoms with Gasteiger partial charge in [0.05, 0.1) is 24.7 Å². The highest BCUT2D eigenvalue weighted by atomic mass is 16.5. The zero-order valence-corrected chi connectivity index (χ0v) is 12.1. The van der Waals surface area contributed by atoms with Crippen molar-refractivity contribution < 1.29 is 19.4 Å². The van der Waals surface area contributed by atoms with Crippen molar-refractivity contribution in [3.63, 3.8) is 0 Å². The molecule has 1 heterocycles. The molecule has 0 bridgehead atoms. The lowest BCUT2D eigenvalue weighted by Gasteiger charge is -2.35. The number of primary amides is 1. The second-order valence-electron chi connectivity index (χ2n) is 5.51. The molecular formula is C14H21N3O4. The van der Waals surface area contributed by atoms with Crippen LogP contribution in [0.5, 0.6) is 0 Å². The zero-order chi connectivity index (χ0) is 15.5. The third kappa shape index (κ3) is 3.81. The van der Waals surface area contributed by atoms with Crippen LogP contribution in [0.25, 0.3) is 0 Å². The summed E-state index contributed by atoms with van der Waals surface area (Å²) in [5, 5.41) is 14.6. The number of nitrogens with zero attached hydrogens (tertiary/aromatic N) is 2. The molecule has 3 N–H and O–H groups in total. The summed E-state index contributed by atoms with van der Waals surface area (Å²) in [6.07, 6.45) is 3.82. The standard InChI is InChI=1S/C14H21N3O4/c1-2-21-13(19)10-3-6-14(20,7-4-10)9-17-8-5-11(16-17)12(15)18/h5,8,10,20H,2-4,6-7,9H2,1H3,(H2,15,18). The first-order valence-electron chi connectivity index (χ1n) is 7.16. The van der Waals surface area contributed by atoms with E-state index < -0.39 is 11.5 Å². The maximum atomic E-state index is 11.7. The van der Waals surface area contributed by atoms with Gasteiger partial charge in [0.2, 0.25) is 0 Å². The van der Waals surface area contributed by atoms with E-state index in [2.05, 4.69) is 5.10 Å². The monoisotopic (exact) mass is 295 g/mol. The highest BCUT2D eigenvalue weighted by Gasteiger charge is 2.36. The maximum absolute atomic E-state index is 11.7. The van der Waals surface area contributed by atoms with Crippen molar-refractivity contribution in [2.45, 2.75) is 44.8 Å². The molecule has 0 spiro atoms. The lowest BCUT2D eigenvalue weighted by Crippen LogP contribution is -2.40. The molecule has 1 aromatic rings. The summed E-state index contributed by atoms with van der Waals surface area (Å²) in [4.78, 5) is 22.7. The Hall–Kier alpha value is -1.89. The van der Waals surface area contributed by atoms with Crippen LogP contribution in [0.15, 0.2) is 12.3 Å². The van der Waals surface area contributed by atoms with E-state index in [0.717, 1.165) is 0 Å². The molecular weight excluding hydrogens is 274 g/mol. The van der Waals surface area contributed by atoms with Crippen LogP contribution in [-0.2, 0) is 16.1 Å². The Balaban J connectivity index is 1.92. The molecule has 2 rings (SSSR count). The van der Waals surface area contributed by atoms with E-state index >= 15 is 0 Å². The molecule has 0 aliphatic heterocycles. The topological polar surface area (TPSA) is 107 Å². The van der Waals surface area contributed by atoms with Crippen LogP contribution >= 0.6 is 0 Å². The Kier molecular flexibility index (Phi) is 4.62. The molecule has 116 valence electrons. The van der Waals surface area contributed by atoms with E-state index in [1.54, 1.807) is 13.1 Å². The normalized spacial score (nSPS) is 25.5. The third-order valence-corrected chi connectivity index (χ3v) is 3.89. The van der Waals surface area contributed by atoms with Gasteiger partial charge in [0.15, 0.2) is 0 Å². The van der Waals surface area contributed by atoms with Crippen molar-refractivity contribution in [3.8, 4) is 0 Å². The lowest BCUT2D eigenvalue weighted by atomic mass is 9.79. The molecule has 0 radical (unpaired) electrons. The quantitative estimate of drug-likeness (QED) is 0.768. The maximum Gasteiger partial charge on any atom is 0.308 e. The number of esters is 1. The number of hydrogen-bond donors (Lipinski definition) is 2. The first-order valence-corrected chi connectivity index (χ1v) is 7.16. The molecule has 21 heavy (non-hydrogen) atoms. The smallest absolute Gasteiger partial charge is 0.308 e. The van der Waals surface area contributed by atoms with Crippen molar-refractivity contribution in [3.05, 3.63) is 18.0 Å². The Morgan fingerprint density at radius 1 is 1.52 bits per heavy atom. The van der Waals surface area contributed by atoms with Gasteiger partial charge >= 0.3 is 5.97 Å². The van der Waals surface area contributed by atoms with Gasteiger partial charge in [0, 0.05) is 6.20 Å². The summed E-state index contributed by atoms with van der Waals surface area (Å²) < 4.78 is 6.53. The predicted octanol–water partition coefficient (Wildman–Crippen LogP) is 0.466. The van der Waals surface area contributed by atoms with Crippen molar-refractivity contribution in [2.24, 2.45) is 11.7 Å². The van der Waals surface area contributed by atoms with Crippen molar-refractivity contribution in [2.75, 3.05) is 6.61 Å². The van der Waals surface area contributed by atoms with Gasteiger partial charge in [-0.15, -0.1) is 0 Å². The predicted molar refractivity (Wildman–Crippen MR) is 74.3 cm³/mol. The van der Waals surface area contributed by atoms with E-state index in [0.29, 0.717) is 32.3 Å². The number of aliphatic hydroxyl groups is 1. The van der Waals surface area contributed by atoms with Crippen LogP contribution < -0.4 is 5.73 Å². The summed E-state index contributed by atoms with van der Waals surface area (Å²) >= 11 is 0. The van der Waals surface area contributed by atoms with Gasteiger partial charge in [-0.05, 0) is 38.7 Å². The second kappa shape index (κ2) is 6.26. The average molecular weight is 295 g/mol. The number of amides is 1. The minimum atomic E-state index is -0.913. The van der Waals surface area contributed by atoms with E-state index in [9.17, 15) is 14.7 Å². The molecule has 1 amide bonds. The van der Waals surface area contributed by atoms with Gasteiger partial charge in [-0.2, -0.15) is 5.10 Å². The highest BCUT2D eigenvalue weighted by Crippen LogP contribution is 2.33. The van der Waals surface area contributed by atoms with Gasteiger partial charge in [-0.1, -0.05) is 0 Å². The van der Waals surface area contributed by atoms with Crippen LogP contribution in [0, 0.1) is 5.92 Å². The average Bonchev–Trinajstić information content (AvgIpc) is 2.88. The SMILES string of the molecule is CCOC(=O)C1CCC(O)(Cn2ccc(C(N)=O)n2)CC1. The lowest BCUT2D eigenvalue weighted by molar-refractivity contribution is -0.151. The third-order valence-electron chi connectivity index (χ3n) is 3.89. The Morgan fingerprint density at radius 2 is 2.19 bits per heavy atom. The Morgan fingerprint density at radius 3 is 2.71 bits per heavy atom. The summed E-state index contributed by atoms with van der Waals surface area (Å²) in [6.45, 7) is 2.45. The minimum absolute atomic E-state index is 0.135. The van der Waals surface area contributed by atoms with Gasteiger partial charge < -0.3 is 15.6 Å². The molecule has 0 saturated heterocycles. The van der Waals surface area contributed by atoms with Crippen LogP contribution in [-0.4, -0.2) is 39.0 Å². The summed E-state index contributed by atoms with van der Waals surface area (Å²) in [6, 6.07) is 1.52. The number of carbonyl (C=O) groups is 2. The van der Waals surface area contributed by atoms with E-state index in [1.807, 2.05) is 0 Å². The minimum Gasteiger partial charge on any atom is -0.466 e. The molecule has 0 unspecified atom stereocenters. The molecule has 7 heteroatoms. The number of ether oxygens (including phenoxy) is 1. The van der Waals surface area contributed by atoms with Crippen molar-refractivity contribution in [1.29, 1.82) is 0 Å². The van der Waals surface area contributed by atoms with Gasteiger partial charge in [-0.25, -0.2) is 0 Å². The first kappa shape index (κ1) is 15.5. The molecule has 1 saturated carbocycles. The highest BCUT2D eigenvalue weighted by molar-refractivity contribution is 5.90. The number of rotatable bonds is 5. The van der Waals surface area contributed by atoms with Gasteiger partial charge in [0.1, 0.15) is 5.69 Å². The molecule has 0 aromatic carbocycles. The van der Waals surface area contributed by atoms with Crippen molar-refractivity contribution in [1.82, 2.24) is 9.78 Å². The molecule has 1 aromatic heterocycles. The molecule has 0 atom stereocenters. The van der Waals surface area contributed by atoms with Crippen molar-refractivity contribution >= 4 is 11.9 Å². The fraction of sp³-hybridized carbons (Fsp3) is 0.643. The first-order chi connectivity index (χ1) is 9.93. The van der Waals surface area contributed by atoms with Crippen LogP contribution in [0.3, 0.4) is 0 Å². The molecule has 1 aliphatic rings. The Labute approximate surface area is 123 Å². The van der Waals surface area contributed by atoms with Crippen LogP contribution in [0.2, 0.25) is 0 Å². The number of nitrogens with two attached hydrogens (primary N) is 1. The Bertz CT molecular complexity index is 518. The summed E-state index contributed by atoms with van der Waals surface area (Å²) in [5.41, 5.74) is 4.41. The second-order valence-corrected chi connectivity index (χ2v) is 5.51. The number of carbonyl (C=O) groups excluding carboxylic acids is 2. The fourth-order valence-electron chi connectivity index (χ4n) is 2.69. The fourth-order valence-corrected chi connectivity index (χ4v) is 2.69. The van der Waals surface area contributed by atoms with E-state index in [-0.39, 0.29) is 24.1 Å².